The molecule has 0 amide bonds. The summed E-state index contributed by atoms with van der Waals surface area (Å²) in [5, 5.41) is 0. The third-order valence-electron chi connectivity index (χ3n) is 1.91. The molecule has 0 aliphatic heterocycles. The summed E-state index contributed by atoms with van der Waals surface area (Å²) < 4.78 is 31.7. The van der Waals surface area contributed by atoms with E-state index in [4.69, 9.17) is 16.4 Å². The lowest BCUT2D eigenvalue weighted by Gasteiger charge is -2.20. The third kappa shape index (κ3) is 2.52. The van der Waals surface area contributed by atoms with Crippen molar-refractivity contribution in [2.75, 3.05) is 0 Å². The minimum atomic E-state index is -3.15. The Kier molecular flexibility index (Phi) is 3.48. The lowest BCUT2D eigenvalue weighted by atomic mass is 10.3. The van der Waals surface area contributed by atoms with Gasteiger partial charge in [-0.2, -0.15) is 0 Å². The highest BCUT2D eigenvalue weighted by Crippen LogP contribution is 2.31. The lowest BCUT2D eigenvalue weighted by Crippen LogP contribution is -2.23. The Morgan fingerprint density at radius 3 is 2.47 bits per heavy atom. The molecular weight excluding hydrogens is 305 g/mol. The predicted molar refractivity (Wildman–Crippen MR) is 63.2 cm³/mol. The van der Waals surface area contributed by atoms with Crippen LogP contribution < -0.4 is 0 Å². The molecule has 84 valence electrons. The van der Waals surface area contributed by atoms with Crippen molar-refractivity contribution in [2.45, 2.75) is 22.9 Å². The van der Waals surface area contributed by atoms with Gasteiger partial charge in [0.2, 0.25) is 0 Å². The second-order valence-corrected chi connectivity index (χ2v) is 8.12. The Bertz CT molecular complexity index is 481. The second kappa shape index (κ2) is 4.03. The number of nitrogens with one attached hydrogen (secondary N) is 1. The van der Waals surface area contributed by atoms with Crippen molar-refractivity contribution in [1.82, 2.24) is 0 Å². The van der Waals surface area contributed by atoms with Gasteiger partial charge in [-0.05, 0) is 48.0 Å². The van der Waals surface area contributed by atoms with Gasteiger partial charge in [-0.3, -0.25) is 0 Å². The summed E-state index contributed by atoms with van der Waals surface area (Å²) in [4.78, 5) is 0.218. The largest absolute Gasteiger partial charge is 0.247 e. The first-order valence-electron chi connectivity index (χ1n) is 4.08. The summed E-state index contributed by atoms with van der Waals surface area (Å²) in [6, 6.07) is 3.81. The average molecular weight is 315 g/mol. The van der Waals surface area contributed by atoms with Crippen LogP contribution in [0, 0.1) is 10.6 Å². The van der Waals surface area contributed by atoms with Crippen LogP contribution in [0.5, 0.6) is 0 Å². The van der Waals surface area contributed by atoms with E-state index < -0.39 is 19.8 Å². The first kappa shape index (κ1) is 12.9. The zero-order valence-corrected chi connectivity index (χ0v) is 11.3. The molecule has 0 aromatic heterocycles. The summed E-state index contributed by atoms with van der Waals surface area (Å²) in [5.41, 5.74) is 0. The van der Waals surface area contributed by atoms with E-state index in [2.05, 4.69) is 15.9 Å². The van der Waals surface area contributed by atoms with Gasteiger partial charge >= 0.3 is 0 Å². The van der Waals surface area contributed by atoms with Crippen LogP contribution in [0.1, 0.15) is 13.8 Å². The number of hydrogen-bond acceptors (Lipinski definition) is 2. The molecule has 1 rings (SSSR count). The highest BCUT2D eigenvalue weighted by atomic mass is 79.9. The SMILES string of the molecule is CC(C)(Cl)S(=N)(=O)c1ccc(F)c(Br)c1. The lowest BCUT2D eigenvalue weighted by molar-refractivity contribution is 0.618. The summed E-state index contributed by atoms with van der Waals surface area (Å²) in [7, 11) is -3.15. The van der Waals surface area contributed by atoms with E-state index in [0.29, 0.717) is 0 Å². The van der Waals surface area contributed by atoms with Crippen LogP contribution in [-0.2, 0) is 9.73 Å². The number of alkyl halides is 1. The molecule has 0 heterocycles. The van der Waals surface area contributed by atoms with Gasteiger partial charge in [-0.15, -0.1) is 11.6 Å². The van der Waals surface area contributed by atoms with Gasteiger partial charge in [0.25, 0.3) is 0 Å². The van der Waals surface area contributed by atoms with E-state index in [9.17, 15) is 8.60 Å². The predicted octanol–water partition coefficient (Wildman–Crippen LogP) is 3.97. The van der Waals surface area contributed by atoms with Crippen molar-refractivity contribution in [3.8, 4) is 0 Å². The van der Waals surface area contributed by atoms with Gasteiger partial charge < -0.3 is 0 Å². The highest BCUT2D eigenvalue weighted by molar-refractivity contribution is 9.10. The van der Waals surface area contributed by atoms with Crippen LogP contribution in [0.15, 0.2) is 27.6 Å². The van der Waals surface area contributed by atoms with Gasteiger partial charge in [0.15, 0.2) is 0 Å². The molecule has 0 spiro atoms. The van der Waals surface area contributed by atoms with E-state index in [1.807, 2.05) is 0 Å². The van der Waals surface area contributed by atoms with E-state index in [-0.39, 0.29) is 9.37 Å². The van der Waals surface area contributed by atoms with Crippen LogP contribution in [0.25, 0.3) is 0 Å². The van der Waals surface area contributed by atoms with Gasteiger partial charge in [-0.1, -0.05) is 0 Å². The van der Waals surface area contributed by atoms with Crippen molar-refractivity contribution in [2.24, 2.45) is 0 Å². The Morgan fingerprint density at radius 1 is 1.53 bits per heavy atom. The molecule has 0 radical (unpaired) electrons. The molecule has 0 fully saturated rings. The first-order chi connectivity index (χ1) is 6.66. The van der Waals surface area contributed by atoms with Crippen LogP contribution >= 0.6 is 27.5 Å². The van der Waals surface area contributed by atoms with E-state index in [0.717, 1.165) is 6.07 Å². The molecule has 0 bridgehead atoms. The Hall–Kier alpha value is -0.130. The molecule has 0 aliphatic carbocycles. The average Bonchev–Trinajstić information content (AvgIpc) is 2.07. The quantitative estimate of drug-likeness (QED) is 0.825. The molecule has 1 aromatic rings. The molecule has 15 heavy (non-hydrogen) atoms. The molecule has 1 N–H and O–H groups in total. The Morgan fingerprint density at radius 2 is 2.07 bits per heavy atom. The molecule has 1 atom stereocenters. The number of benzene rings is 1. The van der Waals surface area contributed by atoms with Crippen LogP contribution in [0.2, 0.25) is 0 Å². The topological polar surface area (TPSA) is 40.9 Å². The zero-order valence-electron chi connectivity index (χ0n) is 8.18. The van der Waals surface area contributed by atoms with E-state index >= 15 is 0 Å². The van der Waals surface area contributed by atoms with Crippen molar-refractivity contribution >= 4 is 37.3 Å². The van der Waals surface area contributed by atoms with Crippen molar-refractivity contribution in [3.05, 3.63) is 28.5 Å². The minimum Gasteiger partial charge on any atom is -0.247 e. The van der Waals surface area contributed by atoms with Crippen LogP contribution in [0.3, 0.4) is 0 Å². The molecule has 6 heteroatoms. The zero-order chi connectivity index (χ0) is 11.9. The maximum absolute atomic E-state index is 12.9. The maximum atomic E-state index is 12.9. The summed E-state index contributed by atoms with van der Waals surface area (Å²) in [6.45, 7) is 3.00. The molecule has 2 nitrogen and oxygen atoms in total. The third-order valence-corrected chi connectivity index (χ3v) is 5.45. The van der Waals surface area contributed by atoms with Crippen molar-refractivity contribution in [1.29, 1.82) is 4.78 Å². The smallest absolute Gasteiger partial charge is 0.137 e. The second-order valence-electron chi connectivity index (χ2n) is 3.50. The van der Waals surface area contributed by atoms with Gasteiger partial charge in [0, 0.05) is 0 Å². The van der Waals surface area contributed by atoms with Crippen LogP contribution in [0.4, 0.5) is 4.39 Å². The fraction of sp³-hybridized carbons (Fsp3) is 0.333. The summed E-state index contributed by atoms with van der Waals surface area (Å²) in [6.07, 6.45) is 0. The minimum absolute atomic E-state index is 0.181. The van der Waals surface area contributed by atoms with E-state index in [1.54, 1.807) is 0 Å². The van der Waals surface area contributed by atoms with Gasteiger partial charge in [0.05, 0.1) is 19.1 Å². The van der Waals surface area contributed by atoms with Crippen molar-refractivity contribution in [3.63, 3.8) is 0 Å². The number of rotatable bonds is 2. The summed E-state index contributed by atoms with van der Waals surface area (Å²) in [5.74, 6) is -0.457. The standard InChI is InChI=1S/C9H10BrClFNOS/c1-9(2,11)15(13,14)6-3-4-8(12)7(10)5-6/h3-5,13H,1-2H3. The van der Waals surface area contributed by atoms with E-state index in [1.165, 1.54) is 26.0 Å². The maximum Gasteiger partial charge on any atom is 0.137 e. The monoisotopic (exact) mass is 313 g/mol. The van der Waals surface area contributed by atoms with Crippen molar-refractivity contribution < 1.29 is 8.60 Å². The molecule has 1 aromatic carbocycles. The number of halogens is 3. The summed E-state index contributed by atoms with van der Waals surface area (Å²) >= 11 is 8.86. The molecular formula is C9H10BrClFNOS. The first-order valence-corrected chi connectivity index (χ1v) is 6.81. The molecule has 0 aliphatic rings. The van der Waals surface area contributed by atoms with Crippen LogP contribution in [-0.4, -0.2) is 8.42 Å². The molecule has 1 unspecified atom stereocenters. The normalized spacial score (nSPS) is 16.1. The Balaban J connectivity index is 3.36. The fourth-order valence-corrected chi connectivity index (χ4v) is 2.84. The van der Waals surface area contributed by atoms with Gasteiger partial charge in [0.1, 0.15) is 10.0 Å². The molecule has 0 saturated carbocycles. The Labute approximate surface area is 102 Å². The van der Waals surface area contributed by atoms with Gasteiger partial charge in [-0.25, -0.2) is 13.4 Å². The number of hydrogen-bond donors (Lipinski definition) is 1. The molecule has 0 saturated heterocycles. The highest BCUT2D eigenvalue weighted by Gasteiger charge is 2.29. The fourth-order valence-electron chi connectivity index (χ4n) is 0.936.